The van der Waals surface area contributed by atoms with Crippen LogP contribution in [0.15, 0.2) is 6.20 Å². The van der Waals surface area contributed by atoms with Gasteiger partial charge >= 0.3 is 5.97 Å². The van der Waals surface area contributed by atoms with Crippen molar-refractivity contribution in [2.45, 2.75) is 26.3 Å². The van der Waals surface area contributed by atoms with Gasteiger partial charge in [0.15, 0.2) is 0 Å². The maximum Gasteiger partial charge on any atom is 0.305 e. The summed E-state index contributed by atoms with van der Waals surface area (Å²) in [6.07, 6.45) is 3.24. The Kier molecular flexibility index (Phi) is 5.42. The fourth-order valence-electron chi connectivity index (χ4n) is 1.42. The number of methoxy groups -OCH3 is 1. The van der Waals surface area contributed by atoms with E-state index in [1.165, 1.54) is 12.0 Å². The number of carbonyl (C=O) groups excluding carboxylic acids is 1. The molecule has 0 unspecified atom stereocenters. The second-order valence-electron chi connectivity index (χ2n) is 3.76. The van der Waals surface area contributed by atoms with E-state index in [1.54, 1.807) is 11.3 Å². The molecule has 0 fully saturated rings. The molecule has 0 amide bonds. The van der Waals surface area contributed by atoms with E-state index in [-0.39, 0.29) is 5.97 Å². The zero-order valence-electron chi connectivity index (χ0n) is 10.0. The first-order valence-electron chi connectivity index (χ1n) is 5.28. The third-order valence-electron chi connectivity index (χ3n) is 2.24. The number of carbonyl (C=O) groups is 1. The molecule has 0 saturated carbocycles. The number of aromatic nitrogens is 1. The Balaban J connectivity index is 2.20. The molecule has 0 spiro atoms. The SMILES string of the molecule is COC(=O)CCCN(C)Cc1cnc(C)s1. The highest BCUT2D eigenvalue weighted by Crippen LogP contribution is 2.13. The Morgan fingerprint density at radius 2 is 2.38 bits per heavy atom. The van der Waals surface area contributed by atoms with Gasteiger partial charge in [-0.05, 0) is 26.9 Å². The molecular formula is C11H18N2O2S. The van der Waals surface area contributed by atoms with E-state index in [2.05, 4.69) is 14.6 Å². The number of thiazole rings is 1. The van der Waals surface area contributed by atoms with Crippen LogP contribution in [0.5, 0.6) is 0 Å². The number of rotatable bonds is 6. The highest BCUT2D eigenvalue weighted by atomic mass is 32.1. The molecular weight excluding hydrogens is 224 g/mol. The number of nitrogens with zero attached hydrogens (tertiary/aromatic N) is 2. The summed E-state index contributed by atoms with van der Waals surface area (Å²) in [5, 5.41) is 1.10. The van der Waals surface area contributed by atoms with E-state index in [0.29, 0.717) is 6.42 Å². The van der Waals surface area contributed by atoms with Gasteiger partial charge in [0.25, 0.3) is 0 Å². The first kappa shape index (κ1) is 13.1. The van der Waals surface area contributed by atoms with Crippen LogP contribution in [0.4, 0.5) is 0 Å². The van der Waals surface area contributed by atoms with Crippen molar-refractivity contribution >= 4 is 17.3 Å². The van der Waals surface area contributed by atoms with Crippen molar-refractivity contribution < 1.29 is 9.53 Å². The predicted molar refractivity (Wildman–Crippen MR) is 64.4 cm³/mol. The number of hydrogen-bond donors (Lipinski definition) is 0. The lowest BCUT2D eigenvalue weighted by Gasteiger charge is -2.14. The molecule has 0 N–H and O–H groups in total. The molecule has 1 heterocycles. The minimum Gasteiger partial charge on any atom is -0.469 e. The number of ether oxygens (including phenoxy) is 1. The van der Waals surface area contributed by atoms with E-state index in [1.807, 2.05) is 20.2 Å². The molecule has 1 aromatic heterocycles. The molecule has 0 aliphatic rings. The van der Waals surface area contributed by atoms with Crippen molar-refractivity contribution in [1.82, 2.24) is 9.88 Å². The Labute approximate surface area is 100 Å². The summed E-state index contributed by atoms with van der Waals surface area (Å²) in [5.41, 5.74) is 0. The summed E-state index contributed by atoms with van der Waals surface area (Å²) in [5.74, 6) is -0.137. The third-order valence-corrected chi connectivity index (χ3v) is 3.14. The lowest BCUT2D eigenvalue weighted by Crippen LogP contribution is -2.19. The summed E-state index contributed by atoms with van der Waals surface area (Å²) in [6.45, 7) is 3.80. The van der Waals surface area contributed by atoms with E-state index < -0.39 is 0 Å². The van der Waals surface area contributed by atoms with E-state index in [9.17, 15) is 4.79 Å². The number of esters is 1. The number of aryl methyl sites for hydroxylation is 1. The van der Waals surface area contributed by atoms with Crippen LogP contribution in [0.3, 0.4) is 0 Å². The summed E-state index contributed by atoms with van der Waals surface area (Å²) >= 11 is 1.72. The average Bonchev–Trinajstić information content (AvgIpc) is 2.63. The van der Waals surface area contributed by atoms with Crippen molar-refractivity contribution in [2.75, 3.05) is 20.7 Å². The minimum absolute atomic E-state index is 0.137. The fraction of sp³-hybridized carbons (Fsp3) is 0.636. The first-order valence-corrected chi connectivity index (χ1v) is 6.10. The third kappa shape index (κ3) is 4.72. The minimum atomic E-state index is -0.137. The molecule has 0 saturated heterocycles. The topological polar surface area (TPSA) is 42.4 Å². The molecule has 0 aliphatic carbocycles. The van der Waals surface area contributed by atoms with Gasteiger partial charge in [-0.25, -0.2) is 4.98 Å². The largest absolute Gasteiger partial charge is 0.469 e. The molecule has 0 atom stereocenters. The van der Waals surface area contributed by atoms with Crippen molar-refractivity contribution in [3.63, 3.8) is 0 Å². The highest BCUT2D eigenvalue weighted by Gasteiger charge is 2.05. The van der Waals surface area contributed by atoms with Gasteiger partial charge in [0.2, 0.25) is 0 Å². The van der Waals surface area contributed by atoms with Crippen molar-refractivity contribution in [3.8, 4) is 0 Å². The Bertz CT molecular complexity index is 338. The fourth-order valence-corrected chi connectivity index (χ4v) is 2.29. The van der Waals surface area contributed by atoms with Crippen LogP contribution >= 0.6 is 11.3 Å². The molecule has 5 heteroatoms. The van der Waals surface area contributed by atoms with Crippen molar-refractivity contribution in [1.29, 1.82) is 0 Å². The van der Waals surface area contributed by atoms with E-state index in [4.69, 9.17) is 0 Å². The molecule has 16 heavy (non-hydrogen) atoms. The molecule has 90 valence electrons. The van der Waals surface area contributed by atoms with Gasteiger partial charge in [-0.1, -0.05) is 0 Å². The summed E-state index contributed by atoms with van der Waals surface area (Å²) in [7, 11) is 3.47. The Morgan fingerprint density at radius 3 is 2.94 bits per heavy atom. The summed E-state index contributed by atoms with van der Waals surface area (Å²) < 4.78 is 4.59. The molecule has 1 rings (SSSR count). The van der Waals surface area contributed by atoms with Crippen LogP contribution in [0.1, 0.15) is 22.7 Å². The summed E-state index contributed by atoms with van der Waals surface area (Å²) in [6, 6.07) is 0. The predicted octanol–water partition coefficient (Wildman–Crippen LogP) is 1.84. The van der Waals surface area contributed by atoms with Gasteiger partial charge in [-0.15, -0.1) is 11.3 Å². The van der Waals surface area contributed by atoms with Crippen molar-refractivity contribution in [2.24, 2.45) is 0 Å². The van der Waals surface area contributed by atoms with Crippen LogP contribution in [-0.2, 0) is 16.1 Å². The van der Waals surface area contributed by atoms with Gasteiger partial charge in [0.1, 0.15) is 0 Å². The average molecular weight is 242 g/mol. The van der Waals surface area contributed by atoms with Gasteiger partial charge in [0, 0.05) is 24.0 Å². The molecule has 0 aromatic carbocycles. The zero-order valence-corrected chi connectivity index (χ0v) is 10.8. The van der Waals surface area contributed by atoms with Crippen LogP contribution in [0, 0.1) is 6.92 Å². The van der Waals surface area contributed by atoms with Crippen LogP contribution < -0.4 is 0 Å². The highest BCUT2D eigenvalue weighted by molar-refractivity contribution is 7.11. The quantitative estimate of drug-likeness (QED) is 0.714. The Hall–Kier alpha value is -0.940. The Morgan fingerprint density at radius 1 is 1.62 bits per heavy atom. The second-order valence-corrected chi connectivity index (χ2v) is 5.08. The number of hydrogen-bond acceptors (Lipinski definition) is 5. The lowest BCUT2D eigenvalue weighted by atomic mass is 10.3. The van der Waals surface area contributed by atoms with Crippen LogP contribution in [0.25, 0.3) is 0 Å². The zero-order chi connectivity index (χ0) is 12.0. The van der Waals surface area contributed by atoms with E-state index >= 15 is 0 Å². The van der Waals surface area contributed by atoms with Crippen LogP contribution in [0.2, 0.25) is 0 Å². The van der Waals surface area contributed by atoms with Gasteiger partial charge < -0.3 is 9.64 Å². The van der Waals surface area contributed by atoms with Gasteiger partial charge in [-0.2, -0.15) is 0 Å². The molecule has 0 bridgehead atoms. The molecule has 4 nitrogen and oxygen atoms in total. The molecule has 0 aliphatic heterocycles. The monoisotopic (exact) mass is 242 g/mol. The summed E-state index contributed by atoms with van der Waals surface area (Å²) in [4.78, 5) is 18.6. The normalized spacial score (nSPS) is 10.8. The van der Waals surface area contributed by atoms with Crippen molar-refractivity contribution in [3.05, 3.63) is 16.1 Å². The smallest absolute Gasteiger partial charge is 0.305 e. The second kappa shape index (κ2) is 6.60. The maximum atomic E-state index is 10.9. The van der Waals surface area contributed by atoms with E-state index in [0.717, 1.165) is 24.5 Å². The van der Waals surface area contributed by atoms with Crippen LogP contribution in [-0.4, -0.2) is 36.6 Å². The maximum absolute atomic E-state index is 10.9. The molecule has 1 aromatic rings. The van der Waals surface area contributed by atoms with Gasteiger partial charge in [0.05, 0.1) is 12.1 Å². The first-order chi connectivity index (χ1) is 7.61. The van der Waals surface area contributed by atoms with Gasteiger partial charge in [-0.3, -0.25) is 4.79 Å². The standard InChI is InChI=1S/C11H18N2O2S/c1-9-12-7-10(16-9)8-13(2)6-4-5-11(14)15-3/h7H,4-6,8H2,1-3H3. The lowest BCUT2D eigenvalue weighted by molar-refractivity contribution is -0.140. The molecule has 0 radical (unpaired) electrons.